The van der Waals surface area contributed by atoms with Gasteiger partial charge in [-0.25, -0.2) is 9.37 Å². The number of amidine groups is 1. The van der Waals surface area contributed by atoms with Crippen LogP contribution in [0.15, 0.2) is 23.4 Å². The second-order valence-corrected chi connectivity index (χ2v) is 9.52. The van der Waals surface area contributed by atoms with Crippen LogP contribution in [-0.2, 0) is 24.4 Å². The van der Waals surface area contributed by atoms with Gasteiger partial charge in [-0.1, -0.05) is 24.6 Å². The van der Waals surface area contributed by atoms with E-state index in [9.17, 15) is 17.6 Å². The van der Waals surface area contributed by atoms with E-state index >= 15 is 0 Å². The predicted octanol–water partition coefficient (Wildman–Crippen LogP) is 6.27. The maximum atomic E-state index is 14.1. The number of oxime groups is 1. The number of hydrogen-bond acceptors (Lipinski definition) is 5. The van der Waals surface area contributed by atoms with Crippen LogP contribution in [0.5, 0.6) is 0 Å². The number of ether oxygens (including phenoxy) is 1. The van der Waals surface area contributed by atoms with Gasteiger partial charge in [0.15, 0.2) is 5.84 Å². The number of benzene rings is 1. The summed E-state index contributed by atoms with van der Waals surface area (Å²) in [6.07, 6.45) is -0.0462. The lowest BCUT2D eigenvalue weighted by Crippen LogP contribution is -2.27. The molecule has 0 unspecified atom stereocenters. The van der Waals surface area contributed by atoms with Gasteiger partial charge in [-0.05, 0) is 56.2 Å². The van der Waals surface area contributed by atoms with Crippen molar-refractivity contribution >= 4 is 17.2 Å². The van der Waals surface area contributed by atoms with Crippen LogP contribution in [-0.4, -0.2) is 22.2 Å². The average Bonchev–Trinajstić information content (AvgIpc) is 3.19. The van der Waals surface area contributed by atoms with Crippen LogP contribution >= 0.6 is 11.3 Å². The van der Waals surface area contributed by atoms with Crippen molar-refractivity contribution in [1.82, 2.24) is 4.98 Å². The fourth-order valence-electron chi connectivity index (χ4n) is 4.07. The average molecular weight is 488 g/mol. The molecule has 0 bridgehead atoms. The van der Waals surface area contributed by atoms with Gasteiger partial charge in [0.1, 0.15) is 5.82 Å². The van der Waals surface area contributed by atoms with Gasteiger partial charge in [0.25, 0.3) is 0 Å². The topological polar surface area (TPSA) is 80.7 Å². The Balaban J connectivity index is 1.64. The van der Waals surface area contributed by atoms with Gasteiger partial charge in [0, 0.05) is 5.92 Å². The van der Waals surface area contributed by atoms with E-state index in [2.05, 4.69) is 12.1 Å². The molecule has 0 atom stereocenters. The first-order valence-corrected chi connectivity index (χ1v) is 11.9. The molecule has 0 radical (unpaired) electrons. The van der Waals surface area contributed by atoms with Crippen LogP contribution < -0.4 is 5.73 Å². The number of rotatable bonds is 9. The van der Waals surface area contributed by atoms with E-state index in [-0.39, 0.29) is 36.8 Å². The van der Waals surface area contributed by atoms with Gasteiger partial charge < -0.3 is 15.7 Å². The van der Waals surface area contributed by atoms with Crippen LogP contribution in [0, 0.1) is 11.7 Å². The molecule has 0 saturated heterocycles. The van der Waals surface area contributed by atoms with E-state index in [1.165, 1.54) is 23.5 Å². The largest absolute Gasteiger partial charge is 0.409 e. The van der Waals surface area contributed by atoms with Crippen molar-refractivity contribution < 1.29 is 27.5 Å². The minimum atomic E-state index is -4.12. The highest BCUT2D eigenvalue weighted by Crippen LogP contribution is 2.44. The molecule has 1 aromatic carbocycles. The summed E-state index contributed by atoms with van der Waals surface area (Å²) in [6, 6.07) is 4.35. The number of thiazole rings is 1. The summed E-state index contributed by atoms with van der Waals surface area (Å²) in [5.74, 6) is -2.06. The molecule has 0 aliphatic heterocycles. The van der Waals surface area contributed by atoms with Crippen molar-refractivity contribution in [2.75, 3.05) is 0 Å². The molecule has 3 rings (SSSR count). The molecule has 1 aromatic heterocycles. The van der Waals surface area contributed by atoms with E-state index in [1.54, 1.807) is 6.07 Å². The molecule has 5 nitrogen and oxygen atoms in total. The number of halogens is 4. The Labute approximate surface area is 194 Å². The molecule has 10 heteroatoms. The lowest BCUT2D eigenvalue weighted by Gasteiger charge is -2.28. The quantitative estimate of drug-likeness (QED) is 0.144. The summed E-state index contributed by atoms with van der Waals surface area (Å²) >= 11 is 1.52. The fraction of sp³-hybridized carbons (Fsp3) is 0.565. The molecule has 1 fully saturated rings. The van der Waals surface area contributed by atoms with Crippen LogP contribution in [0.25, 0.3) is 0 Å². The van der Waals surface area contributed by atoms with E-state index < -0.39 is 17.9 Å². The first-order chi connectivity index (χ1) is 15.7. The maximum Gasteiger partial charge on any atom is 0.391 e. The zero-order valence-electron chi connectivity index (χ0n) is 18.5. The van der Waals surface area contributed by atoms with Crippen molar-refractivity contribution in [3.63, 3.8) is 0 Å². The van der Waals surface area contributed by atoms with E-state index in [1.807, 2.05) is 0 Å². The predicted molar refractivity (Wildman–Crippen MR) is 119 cm³/mol. The lowest BCUT2D eigenvalue weighted by molar-refractivity contribution is -0.182. The lowest BCUT2D eigenvalue weighted by atomic mass is 9.82. The standard InChI is InChI=1S/C23H29F4N3O2S/c1-2-3-4-19-20(13-32-12-14-5-10-17(18(24)11-14)21(28)30-31)33-22(29-19)15-6-8-16(9-7-15)23(25,26)27/h5,10-11,15-16,31H,2-4,6-9,12-13H2,1H3,(H2,28,30). The van der Waals surface area contributed by atoms with Gasteiger partial charge in [-0.15, -0.1) is 11.3 Å². The zero-order valence-corrected chi connectivity index (χ0v) is 19.3. The third-order valence-corrected chi connectivity index (χ3v) is 7.25. The maximum absolute atomic E-state index is 14.1. The van der Waals surface area contributed by atoms with Crippen LogP contribution in [0.4, 0.5) is 17.6 Å². The third-order valence-electron chi connectivity index (χ3n) is 6.02. The number of nitrogens with two attached hydrogens (primary N) is 1. The molecule has 2 aromatic rings. The van der Waals surface area contributed by atoms with Gasteiger partial charge in [-0.3, -0.25) is 0 Å². The minimum absolute atomic E-state index is 0.00967. The van der Waals surface area contributed by atoms with Crippen molar-refractivity contribution in [2.45, 2.75) is 77.2 Å². The van der Waals surface area contributed by atoms with Crippen LogP contribution in [0.2, 0.25) is 0 Å². The summed E-state index contributed by atoms with van der Waals surface area (Å²) in [5, 5.41) is 12.4. The highest BCUT2D eigenvalue weighted by atomic mass is 32.1. The fourth-order valence-corrected chi connectivity index (χ4v) is 5.29. The zero-order chi connectivity index (χ0) is 24.0. The first-order valence-electron chi connectivity index (χ1n) is 11.1. The van der Waals surface area contributed by atoms with Crippen molar-refractivity contribution in [2.24, 2.45) is 16.8 Å². The number of aromatic nitrogens is 1. The van der Waals surface area contributed by atoms with Crippen molar-refractivity contribution in [1.29, 1.82) is 0 Å². The Morgan fingerprint density at radius 1 is 1.24 bits per heavy atom. The number of alkyl halides is 3. The Morgan fingerprint density at radius 3 is 2.58 bits per heavy atom. The van der Waals surface area contributed by atoms with Gasteiger partial charge in [0.05, 0.1) is 40.3 Å². The Kier molecular flexibility index (Phi) is 8.69. The summed E-state index contributed by atoms with van der Waals surface area (Å²) in [4.78, 5) is 5.76. The molecular weight excluding hydrogens is 458 g/mol. The summed E-state index contributed by atoms with van der Waals surface area (Å²) < 4.78 is 58.9. The molecule has 1 aliphatic rings. The van der Waals surface area contributed by atoms with Crippen LogP contribution in [0.3, 0.4) is 0 Å². The second-order valence-electron chi connectivity index (χ2n) is 8.41. The van der Waals surface area contributed by atoms with E-state index in [0.717, 1.165) is 34.8 Å². The molecule has 0 amide bonds. The molecule has 33 heavy (non-hydrogen) atoms. The van der Waals surface area contributed by atoms with E-state index in [0.29, 0.717) is 25.0 Å². The molecule has 0 spiro atoms. The third kappa shape index (κ3) is 6.66. The molecule has 1 heterocycles. The van der Waals surface area contributed by atoms with Crippen LogP contribution in [0.1, 0.15) is 78.1 Å². The Bertz CT molecular complexity index is 954. The monoisotopic (exact) mass is 487 g/mol. The Morgan fingerprint density at radius 2 is 1.97 bits per heavy atom. The summed E-state index contributed by atoms with van der Waals surface area (Å²) in [6.45, 7) is 2.57. The van der Waals surface area contributed by atoms with Crippen molar-refractivity contribution in [3.8, 4) is 0 Å². The normalized spacial score (nSPS) is 19.7. The highest BCUT2D eigenvalue weighted by molar-refractivity contribution is 7.11. The highest BCUT2D eigenvalue weighted by Gasteiger charge is 2.42. The van der Waals surface area contributed by atoms with Gasteiger partial charge >= 0.3 is 6.18 Å². The molecular formula is C23H29F4N3O2S. The summed E-state index contributed by atoms with van der Waals surface area (Å²) in [7, 11) is 0. The Hall–Kier alpha value is -2.20. The number of aryl methyl sites for hydroxylation is 1. The van der Waals surface area contributed by atoms with Crippen molar-refractivity contribution in [3.05, 3.63) is 50.7 Å². The molecule has 1 aliphatic carbocycles. The first kappa shape index (κ1) is 25.4. The minimum Gasteiger partial charge on any atom is -0.409 e. The smallest absolute Gasteiger partial charge is 0.391 e. The summed E-state index contributed by atoms with van der Waals surface area (Å²) in [5.41, 5.74) is 7.00. The number of nitrogens with zero attached hydrogens (tertiary/aromatic N) is 2. The molecule has 182 valence electrons. The second kappa shape index (κ2) is 11.3. The molecule has 1 saturated carbocycles. The number of hydrogen-bond donors (Lipinski definition) is 2. The van der Waals surface area contributed by atoms with Gasteiger partial charge in [-0.2, -0.15) is 13.2 Å². The molecule has 3 N–H and O–H groups in total. The van der Waals surface area contributed by atoms with Gasteiger partial charge in [0.2, 0.25) is 0 Å². The number of unbranched alkanes of at least 4 members (excludes halogenated alkanes) is 1. The SMILES string of the molecule is CCCCc1nc(C2CCC(C(F)(F)F)CC2)sc1COCc1ccc(/C(N)=N/O)c(F)c1. The van der Waals surface area contributed by atoms with E-state index in [4.69, 9.17) is 20.7 Å².